The van der Waals surface area contributed by atoms with Crippen LogP contribution in [0.15, 0.2) is 0 Å². The van der Waals surface area contributed by atoms with Gasteiger partial charge in [0.1, 0.15) is 6.04 Å². The number of piperidine rings is 1. The van der Waals surface area contributed by atoms with E-state index in [2.05, 4.69) is 15.4 Å². The van der Waals surface area contributed by atoms with Crippen molar-refractivity contribution in [2.75, 3.05) is 20.2 Å². The molecule has 0 saturated carbocycles. The van der Waals surface area contributed by atoms with Crippen molar-refractivity contribution in [1.82, 2.24) is 10.6 Å². The Bertz CT molecular complexity index is 363. The van der Waals surface area contributed by atoms with Gasteiger partial charge in [0.25, 0.3) is 0 Å². The van der Waals surface area contributed by atoms with Crippen LogP contribution in [0.5, 0.6) is 0 Å². The molecule has 0 radical (unpaired) electrons. The van der Waals surface area contributed by atoms with Crippen LogP contribution in [-0.4, -0.2) is 49.2 Å². The van der Waals surface area contributed by atoms with Crippen LogP contribution in [0.3, 0.4) is 0 Å². The largest absolute Gasteiger partial charge is 0.480 e. The molecule has 7 heteroatoms. The number of hydrogen-bond acceptors (Lipinski definition) is 5. The molecule has 1 heterocycles. The second-order valence-electron chi connectivity index (χ2n) is 4.96. The summed E-state index contributed by atoms with van der Waals surface area (Å²) in [6.45, 7) is 3.25. The number of carbonyl (C=O) groups excluding carboxylic acids is 2. The number of carboxylic acid groups (broad SMARTS) is 1. The molecule has 0 aliphatic carbocycles. The molecule has 0 bridgehead atoms. The molecule has 1 amide bonds. The predicted octanol–water partition coefficient (Wildman–Crippen LogP) is -0.491. The lowest BCUT2D eigenvalue weighted by molar-refractivity contribution is -0.149. The van der Waals surface area contributed by atoms with Crippen molar-refractivity contribution < 1.29 is 24.2 Å². The zero-order chi connectivity index (χ0) is 14.5. The number of esters is 1. The first-order valence-electron chi connectivity index (χ1n) is 6.20. The highest BCUT2D eigenvalue weighted by atomic mass is 16.5. The highest BCUT2D eigenvalue weighted by molar-refractivity contribution is 5.89. The zero-order valence-corrected chi connectivity index (χ0v) is 11.2. The van der Waals surface area contributed by atoms with Gasteiger partial charge in [0.2, 0.25) is 5.91 Å². The van der Waals surface area contributed by atoms with Crippen molar-refractivity contribution in [3.05, 3.63) is 0 Å². The second-order valence-corrected chi connectivity index (χ2v) is 4.96. The summed E-state index contributed by atoms with van der Waals surface area (Å²) < 4.78 is 4.42. The fraction of sp³-hybridized carbons (Fsp3) is 0.750. The van der Waals surface area contributed by atoms with Crippen LogP contribution in [0.1, 0.15) is 26.2 Å². The van der Waals surface area contributed by atoms with E-state index in [-0.39, 0.29) is 12.3 Å². The van der Waals surface area contributed by atoms with Crippen molar-refractivity contribution in [2.45, 2.75) is 32.2 Å². The first-order valence-corrected chi connectivity index (χ1v) is 6.20. The molecule has 7 nitrogen and oxygen atoms in total. The van der Waals surface area contributed by atoms with Crippen molar-refractivity contribution >= 4 is 17.8 Å². The molecule has 1 aliphatic rings. The maximum absolute atomic E-state index is 12.2. The van der Waals surface area contributed by atoms with Crippen LogP contribution in [0.2, 0.25) is 0 Å². The highest BCUT2D eigenvalue weighted by Gasteiger charge is 2.37. The molecule has 1 fully saturated rings. The van der Waals surface area contributed by atoms with Gasteiger partial charge in [-0.3, -0.25) is 9.59 Å². The third-order valence-electron chi connectivity index (χ3n) is 3.46. The van der Waals surface area contributed by atoms with Crippen LogP contribution >= 0.6 is 0 Å². The van der Waals surface area contributed by atoms with E-state index in [1.54, 1.807) is 6.92 Å². The summed E-state index contributed by atoms with van der Waals surface area (Å²) in [5.41, 5.74) is -0.588. The first-order chi connectivity index (χ1) is 8.89. The lowest BCUT2D eigenvalue weighted by Gasteiger charge is -2.33. The van der Waals surface area contributed by atoms with E-state index < -0.39 is 23.4 Å². The van der Waals surface area contributed by atoms with Gasteiger partial charge in [0, 0.05) is 5.41 Å². The van der Waals surface area contributed by atoms with Crippen molar-refractivity contribution in [3.8, 4) is 0 Å². The Morgan fingerprint density at radius 1 is 1.37 bits per heavy atom. The van der Waals surface area contributed by atoms with Crippen LogP contribution in [0, 0.1) is 5.41 Å². The standard InChI is InChI=1S/C12H20N2O5/c1-12(3-5-13-6-4-12)11(18)14-8(10(16)17)7-9(15)19-2/h8,13H,3-7H2,1-2H3,(H,14,18)(H,16,17)/t8-/m0/s1. The van der Waals surface area contributed by atoms with Gasteiger partial charge >= 0.3 is 11.9 Å². The molecule has 0 aromatic heterocycles. The van der Waals surface area contributed by atoms with Gasteiger partial charge in [0.05, 0.1) is 13.5 Å². The number of amides is 1. The van der Waals surface area contributed by atoms with Gasteiger partial charge in [-0.05, 0) is 25.9 Å². The molecule has 0 spiro atoms. The number of ether oxygens (including phenoxy) is 1. The molecule has 1 atom stereocenters. The van der Waals surface area contributed by atoms with Gasteiger partial charge in [-0.1, -0.05) is 6.92 Å². The van der Waals surface area contributed by atoms with E-state index >= 15 is 0 Å². The number of aliphatic carboxylic acids is 1. The highest BCUT2D eigenvalue weighted by Crippen LogP contribution is 2.28. The maximum atomic E-state index is 12.2. The van der Waals surface area contributed by atoms with E-state index in [4.69, 9.17) is 5.11 Å². The second kappa shape index (κ2) is 6.51. The fourth-order valence-electron chi connectivity index (χ4n) is 1.99. The van der Waals surface area contributed by atoms with Crippen LogP contribution < -0.4 is 10.6 Å². The Hall–Kier alpha value is -1.63. The molecule has 3 N–H and O–H groups in total. The Morgan fingerprint density at radius 3 is 2.42 bits per heavy atom. The zero-order valence-electron chi connectivity index (χ0n) is 11.2. The normalized spacial score (nSPS) is 19.3. The smallest absolute Gasteiger partial charge is 0.326 e. The van der Waals surface area contributed by atoms with Gasteiger partial charge in [-0.25, -0.2) is 4.79 Å². The van der Waals surface area contributed by atoms with E-state index in [0.717, 1.165) is 13.1 Å². The number of carbonyl (C=O) groups is 3. The minimum Gasteiger partial charge on any atom is -0.480 e. The summed E-state index contributed by atoms with van der Waals surface area (Å²) in [4.78, 5) is 34.3. The summed E-state index contributed by atoms with van der Waals surface area (Å²) in [5.74, 6) is -2.23. The van der Waals surface area contributed by atoms with Crippen molar-refractivity contribution in [3.63, 3.8) is 0 Å². The monoisotopic (exact) mass is 272 g/mol. The Labute approximate surface area is 111 Å². The van der Waals surface area contributed by atoms with Gasteiger partial charge in [-0.15, -0.1) is 0 Å². The van der Waals surface area contributed by atoms with Gasteiger partial charge in [0.15, 0.2) is 0 Å². The van der Waals surface area contributed by atoms with E-state index in [1.165, 1.54) is 7.11 Å². The molecule has 0 unspecified atom stereocenters. The molecule has 19 heavy (non-hydrogen) atoms. The van der Waals surface area contributed by atoms with Crippen molar-refractivity contribution in [2.24, 2.45) is 5.41 Å². The summed E-state index contributed by atoms with van der Waals surface area (Å²) in [5, 5.41) is 14.6. The Morgan fingerprint density at radius 2 is 1.95 bits per heavy atom. The average Bonchev–Trinajstić information content (AvgIpc) is 2.38. The lowest BCUT2D eigenvalue weighted by Crippen LogP contribution is -2.51. The number of methoxy groups -OCH3 is 1. The molecule has 1 saturated heterocycles. The summed E-state index contributed by atoms with van der Waals surface area (Å²) >= 11 is 0. The number of rotatable bonds is 5. The van der Waals surface area contributed by atoms with E-state index in [0.29, 0.717) is 12.8 Å². The molecule has 1 aliphatic heterocycles. The van der Waals surface area contributed by atoms with Crippen LogP contribution in [0.25, 0.3) is 0 Å². The van der Waals surface area contributed by atoms with Crippen molar-refractivity contribution in [1.29, 1.82) is 0 Å². The van der Waals surface area contributed by atoms with E-state index in [9.17, 15) is 14.4 Å². The molecular weight excluding hydrogens is 252 g/mol. The van der Waals surface area contributed by atoms with E-state index in [1.807, 2.05) is 0 Å². The molecule has 108 valence electrons. The lowest BCUT2D eigenvalue weighted by atomic mass is 9.80. The van der Waals surface area contributed by atoms with Crippen LogP contribution in [-0.2, 0) is 19.1 Å². The summed E-state index contributed by atoms with van der Waals surface area (Å²) in [7, 11) is 1.18. The van der Waals surface area contributed by atoms with Gasteiger partial charge < -0.3 is 20.5 Å². The predicted molar refractivity (Wildman–Crippen MR) is 66.4 cm³/mol. The average molecular weight is 272 g/mol. The SMILES string of the molecule is COC(=O)C[C@H](NC(=O)C1(C)CCNCC1)C(=O)O. The first kappa shape index (κ1) is 15.4. The Kier molecular flexibility index (Phi) is 5.29. The third kappa shape index (κ3) is 4.20. The molecule has 0 aromatic rings. The summed E-state index contributed by atoms with van der Waals surface area (Å²) in [6, 6.07) is -1.24. The molecule has 1 rings (SSSR count). The topological polar surface area (TPSA) is 105 Å². The fourth-order valence-corrected chi connectivity index (χ4v) is 1.99. The maximum Gasteiger partial charge on any atom is 0.326 e. The molecule has 0 aromatic carbocycles. The minimum absolute atomic E-state index is 0.328. The van der Waals surface area contributed by atoms with Crippen LogP contribution in [0.4, 0.5) is 0 Å². The summed E-state index contributed by atoms with van der Waals surface area (Å²) in [6.07, 6.45) is 0.915. The quantitative estimate of drug-likeness (QED) is 0.583. The minimum atomic E-state index is -1.24. The number of nitrogens with one attached hydrogen (secondary N) is 2. The molecular formula is C12H20N2O5. The Balaban J connectivity index is 2.65. The number of carboxylic acids is 1. The number of hydrogen-bond donors (Lipinski definition) is 3. The van der Waals surface area contributed by atoms with Gasteiger partial charge in [-0.2, -0.15) is 0 Å². The third-order valence-corrected chi connectivity index (χ3v) is 3.46.